The number of allylic oxidation sites excluding steroid dienone is 1. The fourth-order valence-electron chi connectivity index (χ4n) is 4.04. The number of Topliss-reactive ketones (excluding diaryl/α,β-unsaturated/α-hetero) is 1. The van der Waals surface area contributed by atoms with Crippen LogP contribution in [-0.4, -0.2) is 29.7 Å². The zero-order valence-electron chi connectivity index (χ0n) is 17.4. The first-order valence-electron chi connectivity index (χ1n) is 9.90. The van der Waals surface area contributed by atoms with Crippen LogP contribution < -0.4 is 0 Å². The van der Waals surface area contributed by atoms with Gasteiger partial charge >= 0.3 is 5.97 Å². The van der Waals surface area contributed by atoms with Crippen LogP contribution in [0.25, 0.3) is 10.8 Å². The average molecular weight is 393 g/mol. The Morgan fingerprint density at radius 1 is 1.17 bits per heavy atom. The molecule has 0 spiro atoms. The zero-order valence-corrected chi connectivity index (χ0v) is 17.4. The van der Waals surface area contributed by atoms with Crippen LogP contribution in [-0.2, 0) is 14.3 Å². The van der Waals surface area contributed by atoms with E-state index in [9.17, 15) is 14.7 Å². The predicted molar refractivity (Wildman–Crippen MR) is 115 cm³/mol. The molecule has 0 aromatic heterocycles. The molecule has 1 aliphatic rings. The Hall–Kier alpha value is -2.95. The van der Waals surface area contributed by atoms with Crippen molar-refractivity contribution in [3.8, 4) is 0 Å². The number of aliphatic imine (C=N–C) groups is 1. The van der Waals surface area contributed by atoms with Crippen LogP contribution in [0.15, 0.2) is 58.8 Å². The number of benzene rings is 2. The molecule has 1 atom stereocenters. The summed E-state index contributed by atoms with van der Waals surface area (Å²) in [4.78, 5) is 30.1. The van der Waals surface area contributed by atoms with Gasteiger partial charge in [0.05, 0.1) is 24.1 Å². The highest BCUT2D eigenvalue weighted by Crippen LogP contribution is 2.44. The number of hydrogen-bond donors (Lipinski definition) is 1. The summed E-state index contributed by atoms with van der Waals surface area (Å²) in [7, 11) is 1.29. The molecule has 5 heteroatoms. The maximum atomic E-state index is 12.9. The van der Waals surface area contributed by atoms with E-state index in [1.165, 1.54) is 7.11 Å². The second-order valence-electron chi connectivity index (χ2n) is 8.11. The minimum Gasteiger partial charge on any atom is -0.511 e. The van der Waals surface area contributed by atoms with Gasteiger partial charge in [-0.15, -0.1) is 0 Å². The molecule has 0 saturated carbocycles. The van der Waals surface area contributed by atoms with Crippen molar-refractivity contribution in [3.63, 3.8) is 0 Å². The Morgan fingerprint density at radius 2 is 1.86 bits per heavy atom. The Labute approximate surface area is 171 Å². The van der Waals surface area contributed by atoms with E-state index in [2.05, 4.69) is 0 Å². The summed E-state index contributed by atoms with van der Waals surface area (Å²) in [6.45, 7) is 5.66. The number of nitrogens with zero attached hydrogens (tertiary/aromatic N) is 1. The first-order chi connectivity index (χ1) is 13.8. The van der Waals surface area contributed by atoms with E-state index in [0.29, 0.717) is 18.6 Å². The van der Waals surface area contributed by atoms with Crippen molar-refractivity contribution in [1.82, 2.24) is 0 Å². The third-order valence-electron chi connectivity index (χ3n) is 5.44. The molecular formula is C24H27NO4. The molecule has 1 N–H and O–H groups in total. The largest absolute Gasteiger partial charge is 0.511 e. The van der Waals surface area contributed by atoms with Gasteiger partial charge in [0.25, 0.3) is 0 Å². The lowest BCUT2D eigenvalue weighted by atomic mass is 9.67. The molecule has 3 rings (SSSR count). The number of ether oxygens (including phenoxy) is 1. The molecule has 0 aliphatic heterocycles. The van der Waals surface area contributed by atoms with E-state index in [1.54, 1.807) is 0 Å². The number of hydrogen-bond acceptors (Lipinski definition) is 5. The molecule has 2 aromatic carbocycles. The highest BCUT2D eigenvalue weighted by Gasteiger charge is 2.47. The summed E-state index contributed by atoms with van der Waals surface area (Å²) >= 11 is 0. The number of carbonyl (C=O) groups excluding carboxylic acids is 2. The Bertz CT molecular complexity index is 1010. The number of carbonyl (C=O) groups is 2. The third-order valence-corrected chi connectivity index (χ3v) is 5.44. The van der Waals surface area contributed by atoms with Crippen molar-refractivity contribution in [1.29, 1.82) is 0 Å². The second kappa shape index (κ2) is 8.19. The molecule has 1 aliphatic carbocycles. The maximum Gasteiger partial charge on any atom is 0.316 e. The van der Waals surface area contributed by atoms with Gasteiger partial charge in [0.15, 0.2) is 5.78 Å². The van der Waals surface area contributed by atoms with Crippen molar-refractivity contribution in [2.45, 2.75) is 40.0 Å². The van der Waals surface area contributed by atoms with Crippen molar-refractivity contribution < 1.29 is 19.4 Å². The molecule has 152 valence electrons. The van der Waals surface area contributed by atoms with Gasteiger partial charge < -0.3 is 9.84 Å². The smallest absolute Gasteiger partial charge is 0.316 e. The van der Waals surface area contributed by atoms with Gasteiger partial charge in [-0.05, 0) is 29.7 Å². The summed E-state index contributed by atoms with van der Waals surface area (Å²) in [6, 6.07) is 13.7. The molecule has 0 saturated heterocycles. The lowest BCUT2D eigenvalue weighted by molar-refractivity contribution is -0.149. The van der Waals surface area contributed by atoms with Gasteiger partial charge in [0, 0.05) is 11.8 Å². The van der Waals surface area contributed by atoms with Gasteiger partial charge in [0.1, 0.15) is 11.7 Å². The van der Waals surface area contributed by atoms with Crippen LogP contribution >= 0.6 is 0 Å². The molecule has 5 nitrogen and oxygen atoms in total. The lowest BCUT2D eigenvalue weighted by Crippen LogP contribution is -2.41. The van der Waals surface area contributed by atoms with E-state index >= 15 is 0 Å². The van der Waals surface area contributed by atoms with E-state index in [0.717, 1.165) is 16.5 Å². The summed E-state index contributed by atoms with van der Waals surface area (Å²) in [5.74, 6) is -1.87. The number of rotatable bonds is 5. The van der Waals surface area contributed by atoms with Crippen LogP contribution in [0.2, 0.25) is 0 Å². The number of aliphatic hydroxyl groups excluding tert-OH is 1. The quantitative estimate of drug-likeness (QED) is 0.698. The minimum atomic E-state index is -0.894. The van der Waals surface area contributed by atoms with Gasteiger partial charge in [0.2, 0.25) is 0 Å². The SMILES string of the molecule is CCCC(=O)C1=C(O)[C@@H](C(=O)OC)C(C)(C)CC1=Nc1cccc2ccccc12. The molecule has 0 bridgehead atoms. The Balaban J connectivity index is 2.22. The number of ketones is 1. The fourth-order valence-corrected chi connectivity index (χ4v) is 4.04. The Morgan fingerprint density at radius 3 is 2.55 bits per heavy atom. The van der Waals surface area contributed by atoms with Gasteiger partial charge in [-0.1, -0.05) is 57.2 Å². The molecule has 0 radical (unpaired) electrons. The first kappa shape index (κ1) is 20.8. The van der Waals surface area contributed by atoms with Gasteiger partial charge in [-0.2, -0.15) is 0 Å². The first-order valence-corrected chi connectivity index (χ1v) is 9.90. The normalized spacial score (nSPS) is 20.1. The van der Waals surface area contributed by atoms with E-state index in [1.807, 2.05) is 63.2 Å². The van der Waals surface area contributed by atoms with Crippen molar-refractivity contribution >= 4 is 33.9 Å². The number of fused-ring (bicyclic) bond motifs is 1. The number of methoxy groups -OCH3 is 1. The molecule has 0 amide bonds. The highest BCUT2D eigenvalue weighted by atomic mass is 16.5. The highest BCUT2D eigenvalue weighted by molar-refractivity contribution is 6.24. The summed E-state index contributed by atoms with van der Waals surface area (Å²) in [5, 5.41) is 13.0. The topological polar surface area (TPSA) is 76.0 Å². The predicted octanol–water partition coefficient (Wildman–Crippen LogP) is 5.31. The van der Waals surface area contributed by atoms with E-state index in [-0.39, 0.29) is 23.5 Å². The number of aliphatic hydroxyl groups is 1. The van der Waals surface area contributed by atoms with Crippen molar-refractivity contribution in [3.05, 3.63) is 53.8 Å². The maximum absolute atomic E-state index is 12.9. The number of esters is 1. The molecule has 0 fully saturated rings. The fraction of sp³-hybridized carbons (Fsp3) is 0.375. The summed E-state index contributed by atoms with van der Waals surface area (Å²) in [6.07, 6.45) is 1.30. The average Bonchev–Trinajstić information content (AvgIpc) is 2.67. The zero-order chi connectivity index (χ0) is 21.2. The minimum absolute atomic E-state index is 0.162. The lowest BCUT2D eigenvalue weighted by Gasteiger charge is -2.37. The molecule has 0 heterocycles. The molecule has 0 unspecified atom stereocenters. The van der Waals surface area contributed by atoms with Crippen molar-refractivity contribution in [2.24, 2.45) is 16.3 Å². The molecular weight excluding hydrogens is 366 g/mol. The molecule has 2 aromatic rings. The van der Waals surface area contributed by atoms with Crippen LogP contribution in [0.1, 0.15) is 40.0 Å². The summed E-state index contributed by atoms with van der Waals surface area (Å²) < 4.78 is 4.91. The standard InChI is InChI=1S/C24H27NO4/c1-5-9-19(26)20-18(14-24(2,3)21(22(20)27)23(28)29-4)25-17-13-8-11-15-10-6-7-12-16(15)17/h6-8,10-13,21,27H,5,9,14H2,1-4H3/t21-/m0/s1. The van der Waals surface area contributed by atoms with Crippen LogP contribution in [0.4, 0.5) is 5.69 Å². The monoisotopic (exact) mass is 393 g/mol. The van der Waals surface area contributed by atoms with Crippen LogP contribution in [0.3, 0.4) is 0 Å². The van der Waals surface area contributed by atoms with E-state index in [4.69, 9.17) is 9.73 Å². The van der Waals surface area contributed by atoms with E-state index < -0.39 is 17.3 Å². The second-order valence-corrected chi connectivity index (χ2v) is 8.11. The van der Waals surface area contributed by atoms with Gasteiger partial charge in [-0.3, -0.25) is 14.6 Å². The summed E-state index contributed by atoms with van der Waals surface area (Å²) in [5.41, 5.74) is 0.772. The van der Waals surface area contributed by atoms with Gasteiger partial charge in [-0.25, -0.2) is 0 Å². The Kier molecular flexibility index (Phi) is 5.87. The van der Waals surface area contributed by atoms with Crippen LogP contribution in [0.5, 0.6) is 0 Å². The van der Waals surface area contributed by atoms with Crippen LogP contribution in [0, 0.1) is 11.3 Å². The molecule has 29 heavy (non-hydrogen) atoms. The third kappa shape index (κ3) is 3.95. The van der Waals surface area contributed by atoms with Crippen molar-refractivity contribution in [2.75, 3.05) is 7.11 Å².